The second kappa shape index (κ2) is 9.19. The molecule has 1 aromatic heterocycles. The molecular weight excluding hydrogens is 358 g/mol. The van der Waals surface area contributed by atoms with Crippen LogP contribution in [0.5, 0.6) is 5.75 Å². The fourth-order valence-electron chi connectivity index (χ4n) is 2.49. The van der Waals surface area contributed by atoms with Crippen LogP contribution in [-0.2, 0) is 11.4 Å². The number of aromatic nitrogens is 2. The smallest absolute Gasteiger partial charge is 0.234 e. The number of thioether (sulfide) groups is 1. The van der Waals surface area contributed by atoms with E-state index in [9.17, 15) is 4.79 Å². The number of aryl methyl sites for hydroxylation is 2. The summed E-state index contributed by atoms with van der Waals surface area (Å²) in [5.74, 6) is 0.850. The first-order valence-corrected chi connectivity index (χ1v) is 9.59. The van der Waals surface area contributed by atoms with Gasteiger partial charge < -0.3 is 10.1 Å². The second-order valence-electron chi connectivity index (χ2n) is 6.07. The van der Waals surface area contributed by atoms with E-state index in [4.69, 9.17) is 4.74 Å². The van der Waals surface area contributed by atoms with Crippen LogP contribution in [0.15, 0.2) is 65.8 Å². The lowest BCUT2D eigenvalue weighted by atomic mass is 10.2. The first-order valence-electron chi connectivity index (χ1n) is 8.60. The molecular formula is C21H21N3O2S. The zero-order chi connectivity index (χ0) is 19.1. The lowest BCUT2D eigenvalue weighted by molar-refractivity contribution is -0.113. The van der Waals surface area contributed by atoms with Gasteiger partial charge in [-0.3, -0.25) is 4.79 Å². The molecule has 1 heterocycles. The van der Waals surface area contributed by atoms with Gasteiger partial charge in [0.05, 0.1) is 5.75 Å². The average Bonchev–Trinajstić information content (AvgIpc) is 2.65. The van der Waals surface area contributed by atoms with Crippen LogP contribution in [0.1, 0.15) is 17.0 Å². The van der Waals surface area contributed by atoms with Crippen LogP contribution >= 0.6 is 11.8 Å². The predicted octanol–water partition coefficient (Wildman–Crippen LogP) is 4.40. The lowest BCUT2D eigenvalue weighted by Crippen LogP contribution is -2.14. The molecule has 6 heteroatoms. The van der Waals surface area contributed by atoms with Crippen molar-refractivity contribution in [1.29, 1.82) is 0 Å². The van der Waals surface area contributed by atoms with Gasteiger partial charge in [0, 0.05) is 23.1 Å². The second-order valence-corrected chi connectivity index (χ2v) is 7.01. The summed E-state index contributed by atoms with van der Waals surface area (Å²) in [6, 6.07) is 19.2. The van der Waals surface area contributed by atoms with Gasteiger partial charge in [0.15, 0.2) is 5.16 Å². The van der Waals surface area contributed by atoms with Gasteiger partial charge in [0.2, 0.25) is 5.91 Å². The summed E-state index contributed by atoms with van der Waals surface area (Å²) in [5.41, 5.74) is 3.59. The number of hydrogen-bond acceptors (Lipinski definition) is 5. The normalized spacial score (nSPS) is 10.4. The SMILES string of the molecule is Cc1cc(C)nc(SCC(=O)Nc2cccc(OCc3ccccc3)c2)n1. The molecule has 0 fully saturated rings. The highest BCUT2D eigenvalue weighted by atomic mass is 32.2. The summed E-state index contributed by atoms with van der Waals surface area (Å²) in [6.07, 6.45) is 0. The highest BCUT2D eigenvalue weighted by molar-refractivity contribution is 7.99. The number of nitrogens with zero attached hydrogens (tertiary/aromatic N) is 2. The molecule has 0 radical (unpaired) electrons. The summed E-state index contributed by atoms with van der Waals surface area (Å²) in [6.45, 7) is 4.32. The van der Waals surface area contributed by atoms with Crippen molar-refractivity contribution in [2.24, 2.45) is 0 Å². The number of anilines is 1. The third-order valence-corrected chi connectivity index (χ3v) is 4.51. The van der Waals surface area contributed by atoms with Crippen molar-refractivity contribution < 1.29 is 9.53 Å². The van der Waals surface area contributed by atoms with Gasteiger partial charge in [-0.2, -0.15) is 0 Å². The minimum Gasteiger partial charge on any atom is -0.489 e. The number of amides is 1. The molecule has 0 unspecified atom stereocenters. The largest absolute Gasteiger partial charge is 0.489 e. The Morgan fingerprint density at radius 2 is 1.74 bits per heavy atom. The first-order chi connectivity index (χ1) is 13.1. The Bertz CT molecular complexity index is 896. The van der Waals surface area contributed by atoms with Crippen molar-refractivity contribution in [3.05, 3.63) is 77.6 Å². The van der Waals surface area contributed by atoms with E-state index in [0.717, 1.165) is 17.0 Å². The van der Waals surface area contributed by atoms with Crippen LogP contribution < -0.4 is 10.1 Å². The van der Waals surface area contributed by atoms with E-state index in [2.05, 4.69) is 15.3 Å². The molecule has 0 atom stereocenters. The number of hydrogen-bond donors (Lipinski definition) is 1. The maximum Gasteiger partial charge on any atom is 0.234 e. The number of ether oxygens (including phenoxy) is 1. The van der Waals surface area contributed by atoms with Gasteiger partial charge in [-0.25, -0.2) is 9.97 Å². The van der Waals surface area contributed by atoms with E-state index in [0.29, 0.717) is 23.2 Å². The molecule has 3 rings (SSSR count). The molecule has 5 nitrogen and oxygen atoms in total. The van der Waals surface area contributed by atoms with E-state index in [1.807, 2.05) is 74.5 Å². The number of benzene rings is 2. The average molecular weight is 379 g/mol. The van der Waals surface area contributed by atoms with Gasteiger partial charge in [-0.05, 0) is 37.6 Å². The molecule has 0 bridgehead atoms. The van der Waals surface area contributed by atoms with Crippen molar-refractivity contribution in [3.8, 4) is 5.75 Å². The Hall–Kier alpha value is -2.86. The van der Waals surface area contributed by atoms with Gasteiger partial charge >= 0.3 is 0 Å². The Balaban J connectivity index is 1.53. The van der Waals surface area contributed by atoms with Crippen molar-refractivity contribution in [2.75, 3.05) is 11.1 Å². The maximum absolute atomic E-state index is 12.2. The molecule has 0 saturated carbocycles. The Morgan fingerprint density at radius 1 is 1.00 bits per heavy atom. The standard InChI is InChI=1S/C21H21N3O2S/c1-15-11-16(2)23-21(22-15)27-14-20(25)24-18-9-6-10-19(12-18)26-13-17-7-4-3-5-8-17/h3-12H,13-14H2,1-2H3,(H,24,25). The monoisotopic (exact) mass is 379 g/mol. The van der Waals surface area contributed by atoms with Crippen LogP contribution in [0, 0.1) is 13.8 Å². The Morgan fingerprint density at radius 3 is 2.48 bits per heavy atom. The Labute approximate surface area is 163 Å². The minimum absolute atomic E-state index is 0.108. The fraction of sp³-hybridized carbons (Fsp3) is 0.190. The zero-order valence-corrected chi connectivity index (χ0v) is 16.1. The van der Waals surface area contributed by atoms with Gasteiger partial charge in [0.25, 0.3) is 0 Å². The molecule has 0 aliphatic rings. The van der Waals surface area contributed by atoms with E-state index in [1.54, 1.807) is 0 Å². The highest BCUT2D eigenvalue weighted by Gasteiger charge is 2.07. The minimum atomic E-state index is -0.108. The van der Waals surface area contributed by atoms with Crippen molar-refractivity contribution in [3.63, 3.8) is 0 Å². The molecule has 1 N–H and O–H groups in total. The van der Waals surface area contributed by atoms with E-state index in [-0.39, 0.29) is 11.7 Å². The Kier molecular flexibility index (Phi) is 6.44. The number of rotatable bonds is 7. The molecule has 138 valence electrons. The summed E-state index contributed by atoms with van der Waals surface area (Å²) < 4.78 is 5.79. The van der Waals surface area contributed by atoms with Crippen LogP contribution in [0.25, 0.3) is 0 Å². The topological polar surface area (TPSA) is 64.1 Å². The van der Waals surface area contributed by atoms with Crippen molar-refractivity contribution in [2.45, 2.75) is 25.6 Å². The molecule has 0 saturated heterocycles. The molecule has 0 aliphatic carbocycles. The summed E-state index contributed by atoms with van der Waals surface area (Å²) >= 11 is 1.32. The molecule has 0 spiro atoms. The summed E-state index contributed by atoms with van der Waals surface area (Å²) in [5, 5.41) is 3.50. The first kappa shape index (κ1) is 18.9. The van der Waals surface area contributed by atoms with Crippen LogP contribution in [0.4, 0.5) is 5.69 Å². The number of nitrogens with one attached hydrogen (secondary N) is 1. The molecule has 0 aliphatic heterocycles. The molecule has 3 aromatic rings. The fourth-order valence-corrected chi connectivity index (χ4v) is 3.24. The maximum atomic E-state index is 12.2. The zero-order valence-electron chi connectivity index (χ0n) is 15.3. The quantitative estimate of drug-likeness (QED) is 0.487. The van der Waals surface area contributed by atoms with Crippen LogP contribution in [-0.4, -0.2) is 21.6 Å². The predicted molar refractivity (Wildman–Crippen MR) is 108 cm³/mol. The van der Waals surface area contributed by atoms with Crippen molar-refractivity contribution >= 4 is 23.4 Å². The van der Waals surface area contributed by atoms with E-state index in [1.165, 1.54) is 11.8 Å². The van der Waals surface area contributed by atoms with Crippen LogP contribution in [0.3, 0.4) is 0 Å². The molecule has 2 aromatic carbocycles. The summed E-state index contributed by atoms with van der Waals surface area (Å²) in [7, 11) is 0. The third-order valence-electron chi connectivity index (χ3n) is 3.66. The number of carbonyl (C=O) groups excluding carboxylic acids is 1. The van der Waals surface area contributed by atoms with E-state index >= 15 is 0 Å². The summed E-state index contributed by atoms with van der Waals surface area (Å²) in [4.78, 5) is 20.9. The third kappa shape index (κ3) is 6.11. The van der Waals surface area contributed by atoms with Gasteiger partial charge in [-0.15, -0.1) is 0 Å². The van der Waals surface area contributed by atoms with Crippen LogP contribution in [0.2, 0.25) is 0 Å². The van der Waals surface area contributed by atoms with E-state index < -0.39 is 0 Å². The van der Waals surface area contributed by atoms with Gasteiger partial charge in [-0.1, -0.05) is 48.2 Å². The van der Waals surface area contributed by atoms with Gasteiger partial charge in [0.1, 0.15) is 12.4 Å². The molecule has 1 amide bonds. The lowest BCUT2D eigenvalue weighted by Gasteiger charge is -2.09. The number of carbonyl (C=O) groups is 1. The molecule has 27 heavy (non-hydrogen) atoms. The van der Waals surface area contributed by atoms with Crippen molar-refractivity contribution in [1.82, 2.24) is 9.97 Å². The highest BCUT2D eigenvalue weighted by Crippen LogP contribution is 2.20.